The molecule has 4 saturated heterocycles. The number of hydrogen-bond donors (Lipinski definition) is 1. The highest BCUT2D eigenvalue weighted by molar-refractivity contribution is 6.33. The number of piperidine rings is 3. The van der Waals surface area contributed by atoms with Crippen LogP contribution in [0.5, 0.6) is 0 Å². The van der Waals surface area contributed by atoms with Crippen molar-refractivity contribution in [2.75, 3.05) is 49.1 Å². The standard InChI is InChI=1S/C44H45ClFN7O5/c1-26-21-44(25-52(26)31-4-5-36(47-2)34(45)20-31)11-15-50(16-12-44)37-6-3-28(19-35(37)46)41(56)51-13-9-27(10-14-51)22-49-23-29-17-32-33(18-30(29)24-49)43(58)53(42(32)57)38-7-8-39(54)48-40(38)55/h3-6,17-20,26-27,38H,7-16,21-25H2,1H3,(H,48,54,55)/t26-,38?/m0/s1. The highest BCUT2D eigenvalue weighted by Gasteiger charge is 2.46. The highest BCUT2D eigenvalue weighted by atomic mass is 35.5. The molecule has 0 aromatic heterocycles. The molecule has 12 nitrogen and oxygen atoms in total. The van der Waals surface area contributed by atoms with Gasteiger partial charge in [0, 0.05) is 81.1 Å². The molecule has 0 aliphatic carbocycles. The Kier molecular flexibility index (Phi) is 9.76. The van der Waals surface area contributed by atoms with E-state index in [0.717, 1.165) is 80.0 Å². The van der Waals surface area contributed by atoms with Gasteiger partial charge >= 0.3 is 0 Å². The van der Waals surface area contributed by atoms with Crippen molar-refractivity contribution in [1.82, 2.24) is 20.0 Å². The van der Waals surface area contributed by atoms with Crippen molar-refractivity contribution in [2.24, 2.45) is 11.3 Å². The van der Waals surface area contributed by atoms with E-state index in [9.17, 15) is 24.0 Å². The zero-order valence-electron chi connectivity index (χ0n) is 32.4. The third-order valence-corrected chi connectivity index (χ3v) is 13.8. The van der Waals surface area contributed by atoms with Crippen LogP contribution in [-0.4, -0.2) is 95.6 Å². The Morgan fingerprint density at radius 2 is 1.62 bits per heavy atom. The molecule has 0 saturated carbocycles. The number of hydrogen-bond acceptors (Lipinski definition) is 8. The molecule has 0 radical (unpaired) electrons. The minimum atomic E-state index is -0.986. The van der Waals surface area contributed by atoms with E-state index in [0.29, 0.717) is 71.2 Å². The van der Waals surface area contributed by atoms with Crippen molar-refractivity contribution >= 4 is 58.2 Å². The van der Waals surface area contributed by atoms with Crippen LogP contribution in [0.1, 0.15) is 94.1 Å². The van der Waals surface area contributed by atoms with Crippen LogP contribution < -0.4 is 15.1 Å². The molecule has 5 amide bonds. The third kappa shape index (κ3) is 6.79. The number of imide groups is 2. The maximum absolute atomic E-state index is 15.7. The number of fused-ring (bicyclic) bond motifs is 2. The van der Waals surface area contributed by atoms with Gasteiger partial charge in [-0.2, -0.15) is 0 Å². The average molecular weight is 806 g/mol. The molecule has 1 spiro atoms. The van der Waals surface area contributed by atoms with Crippen molar-refractivity contribution in [3.05, 3.63) is 98.6 Å². The second kappa shape index (κ2) is 14.8. The first-order valence-electron chi connectivity index (χ1n) is 20.3. The largest absolute Gasteiger partial charge is 0.369 e. The van der Waals surface area contributed by atoms with E-state index in [2.05, 4.69) is 31.8 Å². The number of amides is 5. The number of anilines is 2. The SMILES string of the molecule is [C-]#[N+]c1ccc(N2CC3(CCN(c4ccc(C(=O)N5CCC(CN6Cc7cc8c(cc7C6)C(=O)N(C6CCC(=O)NC6=O)C8=O)CC5)cc4F)CC3)C[C@@H]2C)cc1Cl. The highest BCUT2D eigenvalue weighted by Crippen LogP contribution is 2.46. The first kappa shape index (κ1) is 38.2. The topological polar surface area (TPSA) is 118 Å². The number of nitrogens with zero attached hydrogens (tertiary/aromatic N) is 6. The second-order valence-electron chi connectivity index (χ2n) is 17.1. The van der Waals surface area contributed by atoms with E-state index in [1.165, 1.54) is 6.07 Å². The second-order valence-corrected chi connectivity index (χ2v) is 17.5. The Labute approximate surface area is 341 Å². The summed E-state index contributed by atoms with van der Waals surface area (Å²) in [5.41, 5.74) is 5.08. The van der Waals surface area contributed by atoms with E-state index >= 15 is 4.39 Å². The number of nitrogens with one attached hydrogen (secondary N) is 1. The minimum absolute atomic E-state index is 0.0790. The Morgan fingerprint density at radius 1 is 0.931 bits per heavy atom. The molecule has 6 heterocycles. The predicted molar refractivity (Wildman–Crippen MR) is 215 cm³/mol. The maximum Gasteiger partial charge on any atom is 0.262 e. The van der Waals surface area contributed by atoms with Gasteiger partial charge in [-0.1, -0.05) is 17.7 Å². The van der Waals surface area contributed by atoms with Crippen LogP contribution in [0, 0.1) is 23.7 Å². The zero-order valence-corrected chi connectivity index (χ0v) is 33.2. The first-order valence-corrected chi connectivity index (χ1v) is 20.7. The zero-order chi connectivity index (χ0) is 40.5. The number of carbonyl (C=O) groups is 5. The number of carbonyl (C=O) groups excluding carboxylic acids is 5. The van der Waals surface area contributed by atoms with Gasteiger partial charge in [-0.3, -0.25) is 39.1 Å². The van der Waals surface area contributed by atoms with Gasteiger partial charge in [0.1, 0.15) is 11.9 Å². The van der Waals surface area contributed by atoms with E-state index < -0.39 is 29.7 Å². The lowest BCUT2D eigenvalue weighted by atomic mass is 9.76. The number of likely N-dealkylation sites (tertiary alicyclic amines) is 1. The fraction of sp³-hybridized carbons (Fsp3) is 0.455. The quantitative estimate of drug-likeness (QED) is 0.232. The molecule has 1 N–H and O–H groups in total. The molecule has 6 aliphatic rings. The lowest BCUT2D eigenvalue weighted by Crippen LogP contribution is -2.54. The number of benzene rings is 3. The van der Waals surface area contributed by atoms with E-state index in [-0.39, 0.29) is 30.0 Å². The van der Waals surface area contributed by atoms with Crippen molar-refractivity contribution in [1.29, 1.82) is 0 Å². The van der Waals surface area contributed by atoms with Gasteiger partial charge in [0.15, 0.2) is 0 Å². The van der Waals surface area contributed by atoms with E-state index in [1.807, 2.05) is 17.0 Å². The van der Waals surface area contributed by atoms with Crippen LogP contribution in [0.4, 0.5) is 21.5 Å². The van der Waals surface area contributed by atoms with Gasteiger partial charge in [0.05, 0.1) is 23.4 Å². The summed E-state index contributed by atoms with van der Waals surface area (Å²) in [5.74, 6) is -2.19. The minimum Gasteiger partial charge on any atom is -0.369 e. The van der Waals surface area contributed by atoms with Crippen molar-refractivity contribution in [2.45, 2.75) is 77.0 Å². The summed E-state index contributed by atoms with van der Waals surface area (Å²) in [6.07, 6.45) is 4.76. The smallest absolute Gasteiger partial charge is 0.262 e. The molecule has 58 heavy (non-hydrogen) atoms. The molecule has 4 fully saturated rings. The van der Waals surface area contributed by atoms with Gasteiger partial charge in [-0.05, 0) is 110 Å². The molecular weight excluding hydrogens is 761 g/mol. The Bertz CT molecular complexity index is 2250. The lowest BCUT2D eigenvalue weighted by molar-refractivity contribution is -0.136. The van der Waals surface area contributed by atoms with Crippen LogP contribution in [0.3, 0.4) is 0 Å². The van der Waals surface area contributed by atoms with Crippen LogP contribution in [-0.2, 0) is 22.7 Å². The normalized spacial score (nSPS) is 23.4. The van der Waals surface area contributed by atoms with Crippen LogP contribution in [0.25, 0.3) is 4.85 Å². The molecule has 1 unspecified atom stereocenters. The molecule has 6 aliphatic heterocycles. The molecule has 300 valence electrons. The van der Waals surface area contributed by atoms with E-state index in [4.69, 9.17) is 18.2 Å². The van der Waals surface area contributed by atoms with Crippen LogP contribution in [0.2, 0.25) is 5.02 Å². The Balaban J connectivity index is 0.759. The molecular formula is C44H45ClFN7O5. The third-order valence-electron chi connectivity index (χ3n) is 13.5. The summed E-state index contributed by atoms with van der Waals surface area (Å²) in [6, 6.07) is 13.5. The lowest BCUT2D eigenvalue weighted by Gasteiger charge is -2.40. The van der Waals surface area contributed by atoms with Gasteiger partial charge in [-0.25, -0.2) is 9.24 Å². The number of rotatable bonds is 6. The molecule has 14 heteroatoms. The molecule has 2 atom stereocenters. The summed E-state index contributed by atoms with van der Waals surface area (Å²) in [6.45, 7) is 15.1. The summed E-state index contributed by atoms with van der Waals surface area (Å²) >= 11 is 6.36. The number of halogens is 2. The summed E-state index contributed by atoms with van der Waals surface area (Å²) < 4.78 is 15.7. The Hall–Kier alpha value is -5.32. The van der Waals surface area contributed by atoms with Crippen molar-refractivity contribution < 1.29 is 28.4 Å². The van der Waals surface area contributed by atoms with Crippen molar-refractivity contribution in [3.63, 3.8) is 0 Å². The fourth-order valence-corrected chi connectivity index (χ4v) is 10.6. The average Bonchev–Trinajstić information content (AvgIpc) is 3.84. The molecule has 0 bridgehead atoms. The fourth-order valence-electron chi connectivity index (χ4n) is 10.3. The molecule has 9 rings (SSSR count). The van der Waals surface area contributed by atoms with Gasteiger partial charge in [0.2, 0.25) is 17.5 Å². The Morgan fingerprint density at radius 3 is 2.24 bits per heavy atom. The summed E-state index contributed by atoms with van der Waals surface area (Å²) in [4.78, 5) is 77.3. The summed E-state index contributed by atoms with van der Waals surface area (Å²) in [7, 11) is 0. The predicted octanol–water partition coefficient (Wildman–Crippen LogP) is 6.18. The van der Waals surface area contributed by atoms with Gasteiger partial charge in [-0.15, -0.1) is 0 Å². The van der Waals surface area contributed by atoms with Gasteiger partial charge < -0.3 is 14.7 Å². The molecule has 3 aromatic carbocycles. The molecule has 3 aromatic rings. The first-order chi connectivity index (χ1) is 27.9. The van der Waals surface area contributed by atoms with Gasteiger partial charge in [0.25, 0.3) is 17.7 Å². The van der Waals surface area contributed by atoms with Crippen LogP contribution >= 0.6 is 11.6 Å². The van der Waals surface area contributed by atoms with E-state index in [1.54, 1.807) is 30.3 Å². The summed E-state index contributed by atoms with van der Waals surface area (Å²) in [5, 5.41) is 2.70. The van der Waals surface area contributed by atoms with Crippen molar-refractivity contribution in [3.8, 4) is 0 Å². The monoisotopic (exact) mass is 805 g/mol. The van der Waals surface area contributed by atoms with Crippen LogP contribution in [0.15, 0.2) is 48.5 Å². The maximum atomic E-state index is 15.7.